The van der Waals surface area contributed by atoms with E-state index >= 15 is 0 Å². The topological polar surface area (TPSA) is 59.7 Å². The Morgan fingerprint density at radius 2 is 0.875 bits per heavy atom. The molecule has 0 amide bonds. The molecule has 4 heteroatoms. The smallest absolute Gasteiger partial charge is 0.0737 e. The number of benzene rings is 4. The van der Waals surface area contributed by atoms with Crippen molar-refractivity contribution < 1.29 is 0 Å². The molecule has 48 heavy (non-hydrogen) atoms. The fourth-order valence-electron chi connectivity index (χ4n) is 7.11. The van der Waals surface area contributed by atoms with Gasteiger partial charge in [0.1, 0.15) is 0 Å². The molecule has 0 aliphatic carbocycles. The Morgan fingerprint density at radius 1 is 0.396 bits per heavy atom. The van der Waals surface area contributed by atoms with Gasteiger partial charge in [0, 0.05) is 50.2 Å². The first-order valence-corrected chi connectivity index (χ1v) is 16.3. The van der Waals surface area contributed by atoms with E-state index in [0.717, 1.165) is 78.3 Å². The van der Waals surface area contributed by atoms with Gasteiger partial charge in [-0.25, -0.2) is 4.99 Å². The number of hydrogen-bond acceptors (Lipinski definition) is 1. The minimum absolute atomic E-state index is 0.0314. The Kier molecular flexibility index (Phi) is 6.83. The van der Waals surface area contributed by atoms with Gasteiger partial charge in [-0.15, -0.1) is 0 Å². The van der Waals surface area contributed by atoms with Crippen LogP contribution in [0.3, 0.4) is 0 Å². The van der Waals surface area contributed by atoms with Crippen LogP contribution in [-0.4, -0.2) is 20.7 Å². The summed E-state index contributed by atoms with van der Waals surface area (Å²) in [5.41, 5.74) is 13.9. The monoisotopic (exact) mass is 616 g/mol. The van der Waals surface area contributed by atoms with Crippen molar-refractivity contribution in [2.75, 3.05) is 0 Å². The van der Waals surface area contributed by atoms with Gasteiger partial charge in [0.2, 0.25) is 0 Å². The first-order chi connectivity index (χ1) is 23.8. The maximum absolute atomic E-state index is 5.36. The fraction of sp³-hybridized carbons (Fsp3) is 0.0227. The quantitative estimate of drug-likeness (QED) is 0.179. The summed E-state index contributed by atoms with van der Waals surface area (Å²) in [5, 5.41) is 2.05. The molecule has 4 nitrogen and oxygen atoms in total. The number of aliphatic imine (C=N–C) groups is 1. The minimum atomic E-state index is -0.0314. The predicted molar refractivity (Wildman–Crippen MR) is 195 cm³/mol. The average molecular weight is 617 g/mol. The second-order valence-corrected chi connectivity index (χ2v) is 12.2. The van der Waals surface area contributed by atoms with E-state index in [9.17, 15) is 0 Å². The van der Waals surface area contributed by atoms with Crippen LogP contribution < -0.4 is 10.7 Å². The summed E-state index contributed by atoms with van der Waals surface area (Å²) in [6.07, 6.45) is 4.30. The number of hydrogen-bond donors (Lipinski definition) is 3. The van der Waals surface area contributed by atoms with Gasteiger partial charge in [0.25, 0.3) is 0 Å². The Balaban J connectivity index is 1.40. The summed E-state index contributed by atoms with van der Waals surface area (Å²) < 4.78 is 0. The van der Waals surface area contributed by atoms with Crippen LogP contribution in [0.25, 0.3) is 16.7 Å². The van der Waals surface area contributed by atoms with Gasteiger partial charge in [0.15, 0.2) is 0 Å². The molecule has 0 spiro atoms. The Morgan fingerprint density at radius 3 is 1.46 bits per heavy atom. The lowest BCUT2D eigenvalue weighted by atomic mass is 9.93. The highest BCUT2D eigenvalue weighted by atomic mass is 14.8. The highest BCUT2D eigenvalue weighted by molar-refractivity contribution is 6.30. The lowest BCUT2D eigenvalue weighted by molar-refractivity contribution is 0.893. The number of nitrogens with one attached hydrogen (secondary N) is 3. The molecule has 9 rings (SSSR count). The van der Waals surface area contributed by atoms with Gasteiger partial charge < -0.3 is 15.0 Å². The third kappa shape index (κ3) is 4.91. The van der Waals surface area contributed by atoms with Crippen LogP contribution in [0.1, 0.15) is 50.9 Å². The number of aromatic nitrogens is 3. The maximum Gasteiger partial charge on any atom is 0.0737 e. The van der Waals surface area contributed by atoms with E-state index in [1.807, 2.05) is 0 Å². The molecular weight excluding hydrogens is 585 g/mol. The second-order valence-electron chi connectivity index (χ2n) is 12.2. The number of rotatable bonds is 4. The Hall–Kier alpha value is -6.39. The third-order valence-electron chi connectivity index (χ3n) is 9.28. The molecule has 0 radical (unpaired) electrons. The van der Waals surface area contributed by atoms with Crippen LogP contribution in [0, 0.1) is 0 Å². The van der Waals surface area contributed by atoms with Crippen molar-refractivity contribution in [3.8, 4) is 0 Å². The number of fused-ring (bicyclic) bond motifs is 7. The SMILES string of the molecule is C1=C/C2=C(\c3ccccc3)c3ccc([nH]3)[C@@H](c3ccccc3)c3ccc([nH]3)/C(c3ccccc3)=c3/cc/c([nH]3)=C(\c3ccccc3)C1=N2. The summed E-state index contributed by atoms with van der Waals surface area (Å²) in [6, 6.07) is 55.7. The standard InChI is InChI=1S/C44H32N4/c1-5-13-29(14-6-1)41-33-21-23-35(45-33)42(30-15-7-2-8-16-30)37-25-27-39(47-37)44(32-19-11-4-12-20-32)40-28-26-38(48-40)43(31-17-9-3-10-18-31)36-24-22-34(41)46-36/h1-28,41,45-47H/b42-37-,43-38-,44-39-/t41-/m0/s1. The average Bonchev–Trinajstić information content (AvgIpc) is 3.98. The van der Waals surface area contributed by atoms with Crippen LogP contribution in [0.4, 0.5) is 0 Å². The number of aromatic amines is 3. The molecule has 5 heterocycles. The molecule has 3 N–H and O–H groups in total. The summed E-state index contributed by atoms with van der Waals surface area (Å²) in [4.78, 5) is 16.9. The van der Waals surface area contributed by atoms with E-state index in [4.69, 9.17) is 4.99 Å². The number of nitrogens with zero attached hydrogens (tertiary/aromatic N) is 1. The van der Waals surface area contributed by atoms with E-state index in [0.29, 0.717) is 0 Å². The van der Waals surface area contributed by atoms with Crippen LogP contribution in [0.5, 0.6) is 0 Å². The van der Waals surface area contributed by atoms with Crippen LogP contribution in [0.15, 0.2) is 181 Å². The molecule has 4 aromatic carbocycles. The first-order valence-electron chi connectivity index (χ1n) is 16.3. The Labute approximate surface area is 278 Å². The van der Waals surface area contributed by atoms with E-state index in [1.54, 1.807) is 0 Å². The van der Waals surface area contributed by atoms with E-state index < -0.39 is 0 Å². The van der Waals surface area contributed by atoms with Gasteiger partial charge in [-0.05, 0) is 70.8 Å². The predicted octanol–water partition coefficient (Wildman–Crippen LogP) is 8.08. The van der Waals surface area contributed by atoms with E-state index in [2.05, 4.69) is 185 Å². The molecule has 7 aromatic rings. The van der Waals surface area contributed by atoms with Gasteiger partial charge in [-0.1, -0.05) is 121 Å². The summed E-state index contributed by atoms with van der Waals surface area (Å²) in [5.74, 6) is -0.0314. The van der Waals surface area contributed by atoms with Crippen molar-refractivity contribution in [2.24, 2.45) is 4.99 Å². The van der Waals surface area contributed by atoms with Crippen molar-refractivity contribution in [3.63, 3.8) is 0 Å². The Bertz CT molecular complexity index is 2470. The molecule has 0 unspecified atom stereocenters. The first kappa shape index (κ1) is 27.9. The molecule has 8 bridgehead atoms. The second kappa shape index (κ2) is 11.8. The summed E-state index contributed by atoms with van der Waals surface area (Å²) >= 11 is 0. The van der Waals surface area contributed by atoms with Gasteiger partial charge >= 0.3 is 0 Å². The van der Waals surface area contributed by atoms with Crippen molar-refractivity contribution in [1.29, 1.82) is 0 Å². The number of H-pyrrole nitrogens is 3. The van der Waals surface area contributed by atoms with Crippen LogP contribution in [-0.2, 0) is 0 Å². The summed E-state index contributed by atoms with van der Waals surface area (Å²) in [6.45, 7) is 0. The lowest BCUT2D eigenvalue weighted by Gasteiger charge is -2.16. The normalized spacial score (nSPS) is 19.3. The third-order valence-corrected chi connectivity index (χ3v) is 9.28. The minimum Gasteiger partial charge on any atom is -0.357 e. The van der Waals surface area contributed by atoms with Crippen LogP contribution >= 0.6 is 0 Å². The maximum atomic E-state index is 5.36. The molecule has 0 saturated heterocycles. The zero-order valence-electron chi connectivity index (χ0n) is 26.2. The van der Waals surface area contributed by atoms with Crippen molar-refractivity contribution in [2.45, 2.75) is 5.92 Å². The van der Waals surface area contributed by atoms with E-state index in [1.165, 1.54) is 5.56 Å². The highest BCUT2D eigenvalue weighted by Crippen LogP contribution is 2.36. The molecule has 0 saturated carbocycles. The molecule has 3 aromatic heterocycles. The summed E-state index contributed by atoms with van der Waals surface area (Å²) in [7, 11) is 0. The van der Waals surface area contributed by atoms with E-state index in [-0.39, 0.29) is 5.92 Å². The number of allylic oxidation sites excluding steroid dienone is 2. The van der Waals surface area contributed by atoms with Crippen molar-refractivity contribution in [3.05, 3.63) is 231 Å². The largest absolute Gasteiger partial charge is 0.357 e. The molecule has 1 atom stereocenters. The van der Waals surface area contributed by atoms with Gasteiger partial charge in [-0.3, -0.25) is 0 Å². The molecule has 2 aliphatic heterocycles. The highest BCUT2D eigenvalue weighted by Gasteiger charge is 2.24. The molecule has 2 aliphatic rings. The van der Waals surface area contributed by atoms with Gasteiger partial charge in [-0.2, -0.15) is 0 Å². The van der Waals surface area contributed by atoms with Crippen molar-refractivity contribution in [1.82, 2.24) is 15.0 Å². The van der Waals surface area contributed by atoms with Crippen LogP contribution in [0.2, 0.25) is 0 Å². The molecule has 228 valence electrons. The lowest BCUT2D eigenvalue weighted by Crippen LogP contribution is -2.19. The molecule has 0 fully saturated rings. The van der Waals surface area contributed by atoms with Gasteiger partial charge in [0.05, 0.1) is 17.3 Å². The zero-order chi connectivity index (χ0) is 31.9. The molecular formula is C44H32N4. The zero-order valence-corrected chi connectivity index (χ0v) is 26.2. The fourth-order valence-corrected chi connectivity index (χ4v) is 7.11. The van der Waals surface area contributed by atoms with Crippen molar-refractivity contribution >= 4 is 22.4 Å².